The Hall–Kier alpha value is -0.300. The first-order valence-electron chi connectivity index (χ1n) is 5.38. The highest BCUT2D eigenvalue weighted by atomic mass is 127. The van der Waals surface area contributed by atoms with Crippen molar-refractivity contribution in [1.82, 2.24) is 9.78 Å². The maximum atomic E-state index is 10.5. The zero-order valence-corrected chi connectivity index (χ0v) is 13.2. The second-order valence-corrected chi connectivity index (χ2v) is 5.77. The van der Waals surface area contributed by atoms with E-state index in [4.69, 9.17) is 23.2 Å². The van der Waals surface area contributed by atoms with E-state index in [-0.39, 0.29) is 0 Å². The summed E-state index contributed by atoms with van der Waals surface area (Å²) in [7, 11) is 0. The van der Waals surface area contributed by atoms with Gasteiger partial charge in [0, 0.05) is 20.7 Å². The number of benzene rings is 1. The van der Waals surface area contributed by atoms with Gasteiger partial charge in [-0.1, -0.05) is 23.2 Å². The Labute approximate surface area is 129 Å². The number of aryl methyl sites for hydroxylation is 1. The molecule has 2 aromatic rings. The fourth-order valence-corrected chi connectivity index (χ4v) is 2.82. The van der Waals surface area contributed by atoms with Crippen molar-refractivity contribution in [2.24, 2.45) is 0 Å². The summed E-state index contributed by atoms with van der Waals surface area (Å²) in [5.41, 5.74) is 1.33. The summed E-state index contributed by atoms with van der Waals surface area (Å²) < 4.78 is 2.62. The minimum absolute atomic E-state index is 0.458. The lowest BCUT2D eigenvalue weighted by Gasteiger charge is -2.15. The van der Waals surface area contributed by atoms with Gasteiger partial charge >= 0.3 is 0 Å². The Morgan fingerprint density at radius 1 is 1.44 bits per heavy atom. The van der Waals surface area contributed by atoms with E-state index in [0.29, 0.717) is 22.3 Å². The van der Waals surface area contributed by atoms with E-state index in [1.807, 2.05) is 13.0 Å². The number of aliphatic hydroxyl groups excluding tert-OH is 1. The third-order valence-corrected chi connectivity index (χ3v) is 4.15. The summed E-state index contributed by atoms with van der Waals surface area (Å²) in [4.78, 5) is 0. The third kappa shape index (κ3) is 2.66. The summed E-state index contributed by atoms with van der Waals surface area (Å²) in [6, 6.07) is 5.40. The molecule has 0 fully saturated rings. The molecule has 0 aliphatic rings. The number of hydrogen-bond donors (Lipinski definition) is 1. The highest BCUT2D eigenvalue weighted by Crippen LogP contribution is 2.32. The monoisotopic (exact) mass is 396 g/mol. The van der Waals surface area contributed by atoms with Gasteiger partial charge in [-0.15, -0.1) is 0 Å². The summed E-state index contributed by atoms with van der Waals surface area (Å²) in [5, 5.41) is 15.6. The number of rotatable bonds is 3. The maximum Gasteiger partial charge on any atom is 0.123 e. The average molecular weight is 397 g/mol. The molecule has 0 radical (unpaired) electrons. The van der Waals surface area contributed by atoms with E-state index >= 15 is 0 Å². The van der Waals surface area contributed by atoms with E-state index in [9.17, 15) is 5.11 Å². The minimum atomic E-state index is -0.828. The second kappa shape index (κ2) is 5.77. The van der Waals surface area contributed by atoms with Crippen LogP contribution in [0.15, 0.2) is 24.4 Å². The van der Waals surface area contributed by atoms with Crippen molar-refractivity contribution < 1.29 is 5.11 Å². The minimum Gasteiger partial charge on any atom is -0.382 e. The molecule has 0 spiro atoms. The molecule has 1 unspecified atom stereocenters. The normalized spacial score (nSPS) is 12.7. The molecule has 1 aromatic heterocycles. The van der Waals surface area contributed by atoms with E-state index in [1.54, 1.807) is 23.0 Å². The van der Waals surface area contributed by atoms with E-state index in [2.05, 4.69) is 27.7 Å². The summed E-state index contributed by atoms with van der Waals surface area (Å²) >= 11 is 14.2. The lowest BCUT2D eigenvalue weighted by molar-refractivity contribution is 0.207. The molecule has 0 saturated heterocycles. The number of hydrogen-bond acceptors (Lipinski definition) is 2. The number of aliphatic hydroxyl groups is 1. The fraction of sp³-hybridized carbons (Fsp3) is 0.250. The smallest absolute Gasteiger partial charge is 0.123 e. The Balaban J connectivity index is 2.50. The molecule has 18 heavy (non-hydrogen) atoms. The van der Waals surface area contributed by atoms with E-state index in [0.717, 1.165) is 9.13 Å². The van der Waals surface area contributed by atoms with Crippen LogP contribution >= 0.6 is 45.8 Å². The molecular weight excluding hydrogens is 386 g/mol. The lowest BCUT2D eigenvalue weighted by Crippen LogP contribution is -2.10. The molecule has 1 atom stereocenters. The summed E-state index contributed by atoms with van der Waals surface area (Å²) in [5.74, 6) is 0. The van der Waals surface area contributed by atoms with Gasteiger partial charge in [0.25, 0.3) is 0 Å². The van der Waals surface area contributed by atoms with Crippen LogP contribution in [-0.2, 0) is 6.54 Å². The van der Waals surface area contributed by atoms with Crippen molar-refractivity contribution in [3.05, 3.63) is 49.3 Å². The van der Waals surface area contributed by atoms with Gasteiger partial charge in [-0.05, 0) is 47.7 Å². The molecule has 1 aromatic carbocycles. The molecule has 0 bridgehead atoms. The lowest BCUT2D eigenvalue weighted by atomic mass is 10.1. The summed E-state index contributed by atoms with van der Waals surface area (Å²) in [6.07, 6.45) is 0.714. The third-order valence-electron chi connectivity index (χ3n) is 2.64. The maximum absolute atomic E-state index is 10.5. The molecule has 2 rings (SSSR count). The van der Waals surface area contributed by atoms with Gasteiger partial charge in [0.05, 0.1) is 16.9 Å². The average Bonchev–Trinajstić information content (AvgIpc) is 2.72. The van der Waals surface area contributed by atoms with Crippen LogP contribution < -0.4 is 0 Å². The van der Waals surface area contributed by atoms with Gasteiger partial charge in [-0.2, -0.15) is 5.10 Å². The van der Waals surface area contributed by atoms with Crippen molar-refractivity contribution in [2.75, 3.05) is 0 Å². The quantitative estimate of drug-likeness (QED) is 0.799. The standard InChI is InChI=1S/C12H11Cl2IN2O/c1-2-17-11(9(14)6-16-17)12(18)8-5-7(13)3-4-10(8)15/h3-6,12,18H,2H2,1H3. The predicted octanol–water partition coefficient (Wildman–Crippen LogP) is 3.90. The molecule has 1 heterocycles. The van der Waals surface area contributed by atoms with Crippen molar-refractivity contribution in [2.45, 2.75) is 19.6 Å². The highest BCUT2D eigenvalue weighted by molar-refractivity contribution is 14.1. The zero-order valence-electron chi connectivity index (χ0n) is 9.57. The molecule has 0 amide bonds. The molecule has 96 valence electrons. The molecule has 0 saturated carbocycles. The van der Waals surface area contributed by atoms with Gasteiger partial charge < -0.3 is 5.11 Å². The highest BCUT2D eigenvalue weighted by Gasteiger charge is 2.21. The van der Waals surface area contributed by atoms with Gasteiger partial charge in [0.1, 0.15) is 6.10 Å². The van der Waals surface area contributed by atoms with Crippen LogP contribution in [0.25, 0.3) is 0 Å². The fourth-order valence-electron chi connectivity index (χ4n) is 1.77. The Bertz CT molecular complexity index is 571. The van der Waals surface area contributed by atoms with Gasteiger partial charge in [-0.25, -0.2) is 0 Å². The van der Waals surface area contributed by atoms with E-state index < -0.39 is 6.10 Å². The molecule has 3 nitrogen and oxygen atoms in total. The number of aromatic nitrogens is 2. The largest absolute Gasteiger partial charge is 0.382 e. The van der Waals surface area contributed by atoms with E-state index in [1.165, 1.54) is 0 Å². The zero-order chi connectivity index (χ0) is 13.3. The molecule has 1 N–H and O–H groups in total. The molecular formula is C12H11Cl2IN2O. The van der Waals surface area contributed by atoms with Crippen LogP contribution in [0.1, 0.15) is 24.3 Å². The van der Waals surface area contributed by atoms with Crippen molar-refractivity contribution in [3.8, 4) is 0 Å². The first-order chi connectivity index (χ1) is 8.54. The Kier molecular flexibility index (Phi) is 4.53. The molecule has 0 aliphatic carbocycles. The van der Waals surface area contributed by atoms with Crippen molar-refractivity contribution in [1.29, 1.82) is 0 Å². The van der Waals surface area contributed by atoms with Gasteiger partial charge in [-0.3, -0.25) is 4.68 Å². The van der Waals surface area contributed by atoms with Crippen LogP contribution in [-0.4, -0.2) is 14.9 Å². The molecule has 0 aliphatic heterocycles. The second-order valence-electron chi connectivity index (χ2n) is 3.76. The predicted molar refractivity (Wildman–Crippen MR) is 81.1 cm³/mol. The van der Waals surface area contributed by atoms with Gasteiger partial charge in [0.2, 0.25) is 0 Å². The SMILES string of the molecule is CCn1ncc(Cl)c1C(O)c1cc(Cl)ccc1I. The van der Waals surface area contributed by atoms with Crippen LogP contribution in [0.2, 0.25) is 10.0 Å². The number of nitrogens with zero attached hydrogens (tertiary/aromatic N) is 2. The first-order valence-corrected chi connectivity index (χ1v) is 7.22. The van der Waals surface area contributed by atoms with Crippen LogP contribution in [0, 0.1) is 3.57 Å². The molecule has 6 heteroatoms. The number of halogens is 3. The topological polar surface area (TPSA) is 38.0 Å². The Morgan fingerprint density at radius 2 is 2.17 bits per heavy atom. The Morgan fingerprint density at radius 3 is 2.83 bits per heavy atom. The van der Waals surface area contributed by atoms with Crippen LogP contribution in [0.5, 0.6) is 0 Å². The van der Waals surface area contributed by atoms with Crippen LogP contribution in [0.4, 0.5) is 0 Å². The van der Waals surface area contributed by atoms with Crippen molar-refractivity contribution >= 4 is 45.8 Å². The van der Waals surface area contributed by atoms with Crippen LogP contribution in [0.3, 0.4) is 0 Å². The van der Waals surface area contributed by atoms with Gasteiger partial charge in [0.15, 0.2) is 0 Å². The van der Waals surface area contributed by atoms with Crippen molar-refractivity contribution in [3.63, 3.8) is 0 Å². The summed E-state index contributed by atoms with van der Waals surface area (Å²) in [6.45, 7) is 2.60. The first kappa shape index (κ1) is 14.1.